The Morgan fingerprint density at radius 1 is 1.48 bits per heavy atom. The van der Waals surface area contributed by atoms with Gasteiger partial charge in [-0.25, -0.2) is 13.4 Å². The highest BCUT2D eigenvalue weighted by Gasteiger charge is 2.41. The molecule has 3 heterocycles. The van der Waals surface area contributed by atoms with Crippen LogP contribution < -0.4 is 4.72 Å². The van der Waals surface area contributed by atoms with Crippen LogP contribution in [0.1, 0.15) is 17.7 Å². The van der Waals surface area contributed by atoms with Crippen molar-refractivity contribution in [3.8, 4) is 0 Å². The molecule has 2 aromatic rings. The second-order valence-electron chi connectivity index (χ2n) is 6.68. The van der Waals surface area contributed by atoms with Gasteiger partial charge in [0.05, 0.1) is 35.8 Å². The van der Waals surface area contributed by atoms with Crippen molar-refractivity contribution in [2.45, 2.75) is 36.8 Å². The van der Waals surface area contributed by atoms with Gasteiger partial charge < -0.3 is 9.64 Å². The number of likely N-dealkylation sites (tertiary alicyclic amines) is 1. The molecule has 2 saturated heterocycles. The number of hydrogen-bond donors (Lipinski definition) is 1. The van der Waals surface area contributed by atoms with Gasteiger partial charge in [-0.2, -0.15) is 0 Å². The zero-order chi connectivity index (χ0) is 19.2. The molecule has 7 nitrogen and oxygen atoms in total. The Labute approximate surface area is 166 Å². The van der Waals surface area contributed by atoms with E-state index in [0.717, 1.165) is 17.8 Å². The molecular weight excluding hydrogens is 410 g/mol. The number of carbonyl (C=O) groups is 1. The molecule has 2 aliphatic heterocycles. The van der Waals surface area contributed by atoms with Gasteiger partial charge in [0.2, 0.25) is 5.91 Å². The van der Waals surface area contributed by atoms with Crippen LogP contribution in [0.25, 0.3) is 0 Å². The number of hydrogen-bond acceptors (Lipinski definition) is 6. The molecule has 0 saturated carbocycles. The number of thiazole rings is 1. The number of anilines is 1. The number of ether oxygens (including phenoxy) is 1. The minimum absolute atomic E-state index is 0.00353. The van der Waals surface area contributed by atoms with E-state index in [1.165, 1.54) is 6.07 Å². The van der Waals surface area contributed by atoms with Crippen LogP contribution >= 0.6 is 22.9 Å². The SMILES string of the molecule is Cc1c(Cl)cccc1S(=O)(=O)Nc1nc(CC(=O)N2C[C@@H]3C[C@H]2CO3)cs1. The van der Waals surface area contributed by atoms with E-state index in [4.69, 9.17) is 16.3 Å². The maximum atomic E-state index is 12.6. The molecule has 0 unspecified atom stereocenters. The van der Waals surface area contributed by atoms with Crippen LogP contribution in [0.4, 0.5) is 5.13 Å². The van der Waals surface area contributed by atoms with E-state index in [-0.39, 0.29) is 34.5 Å². The van der Waals surface area contributed by atoms with E-state index in [1.54, 1.807) is 24.4 Å². The molecule has 10 heteroatoms. The van der Waals surface area contributed by atoms with Crippen molar-refractivity contribution in [1.82, 2.24) is 9.88 Å². The number of aromatic nitrogens is 1. The average Bonchev–Trinajstić information content (AvgIpc) is 3.34. The molecule has 2 bridgehead atoms. The highest BCUT2D eigenvalue weighted by atomic mass is 35.5. The van der Waals surface area contributed by atoms with Gasteiger partial charge in [0.1, 0.15) is 0 Å². The molecule has 27 heavy (non-hydrogen) atoms. The second kappa shape index (κ2) is 7.05. The topological polar surface area (TPSA) is 88.6 Å². The molecule has 1 amide bonds. The first kappa shape index (κ1) is 18.7. The minimum atomic E-state index is -3.80. The number of halogens is 1. The zero-order valence-electron chi connectivity index (χ0n) is 14.5. The van der Waals surface area contributed by atoms with Crippen LogP contribution in [-0.2, 0) is 26.0 Å². The van der Waals surface area contributed by atoms with Gasteiger partial charge >= 0.3 is 0 Å². The number of sulfonamides is 1. The molecule has 2 fully saturated rings. The first-order valence-electron chi connectivity index (χ1n) is 8.47. The van der Waals surface area contributed by atoms with Crippen molar-refractivity contribution < 1.29 is 17.9 Å². The Hall–Kier alpha value is -1.68. The van der Waals surface area contributed by atoms with E-state index in [9.17, 15) is 13.2 Å². The fourth-order valence-corrected chi connectivity index (χ4v) is 5.91. The number of benzene rings is 1. The van der Waals surface area contributed by atoms with Gasteiger partial charge in [-0.15, -0.1) is 11.3 Å². The Morgan fingerprint density at radius 3 is 3.00 bits per heavy atom. The summed E-state index contributed by atoms with van der Waals surface area (Å²) in [5.41, 5.74) is 1.03. The Kier molecular flexibility index (Phi) is 4.87. The average molecular weight is 428 g/mol. The number of rotatable bonds is 5. The summed E-state index contributed by atoms with van der Waals surface area (Å²) in [4.78, 5) is 18.7. The summed E-state index contributed by atoms with van der Waals surface area (Å²) in [7, 11) is -3.80. The fraction of sp³-hybridized carbons (Fsp3) is 0.412. The summed E-state index contributed by atoms with van der Waals surface area (Å²) in [5, 5.41) is 2.31. The highest BCUT2D eigenvalue weighted by Crippen LogP contribution is 2.29. The number of fused-ring (bicyclic) bond motifs is 2. The second-order valence-corrected chi connectivity index (χ2v) is 9.60. The molecule has 0 radical (unpaired) electrons. The number of nitrogens with zero attached hydrogens (tertiary/aromatic N) is 2. The molecule has 144 valence electrons. The summed E-state index contributed by atoms with van der Waals surface area (Å²) in [5.74, 6) is -0.00353. The Balaban J connectivity index is 1.45. The predicted molar refractivity (Wildman–Crippen MR) is 103 cm³/mol. The van der Waals surface area contributed by atoms with E-state index in [1.807, 2.05) is 4.90 Å². The van der Waals surface area contributed by atoms with Gasteiger partial charge in [0, 0.05) is 16.9 Å². The van der Waals surface area contributed by atoms with E-state index >= 15 is 0 Å². The predicted octanol–water partition coefficient (Wildman–Crippen LogP) is 2.45. The normalized spacial score (nSPS) is 21.6. The van der Waals surface area contributed by atoms with Crippen molar-refractivity contribution in [1.29, 1.82) is 0 Å². The zero-order valence-corrected chi connectivity index (χ0v) is 16.9. The standard InChI is InChI=1S/C17H18ClN3O4S2/c1-10-14(18)3-2-4-15(10)27(23,24)20-17-19-11(9-26-17)5-16(22)21-7-13-6-12(21)8-25-13/h2-4,9,12-13H,5-8H2,1H3,(H,19,20)/t12-,13-/m0/s1. The monoisotopic (exact) mass is 427 g/mol. The van der Waals surface area contributed by atoms with Crippen molar-refractivity contribution in [2.75, 3.05) is 17.9 Å². The van der Waals surface area contributed by atoms with Gasteiger partial charge in [0.15, 0.2) is 5.13 Å². The fourth-order valence-electron chi connectivity index (χ4n) is 3.45. The summed E-state index contributed by atoms with van der Waals surface area (Å²) in [6.07, 6.45) is 1.20. The summed E-state index contributed by atoms with van der Waals surface area (Å²) in [6.45, 7) is 2.87. The van der Waals surface area contributed by atoms with Gasteiger partial charge in [-0.3, -0.25) is 9.52 Å². The lowest BCUT2D eigenvalue weighted by atomic mass is 10.2. The lowest BCUT2D eigenvalue weighted by Crippen LogP contribution is -2.42. The van der Waals surface area contributed by atoms with E-state index in [2.05, 4.69) is 9.71 Å². The third-order valence-corrected chi connectivity index (χ3v) is 7.66. The van der Waals surface area contributed by atoms with Crippen molar-refractivity contribution in [3.63, 3.8) is 0 Å². The van der Waals surface area contributed by atoms with E-state index < -0.39 is 10.0 Å². The van der Waals surface area contributed by atoms with Crippen LogP contribution in [0, 0.1) is 6.92 Å². The molecule has 1 N–H and O–H groups in total. The Morgan fingerprint density at radius 2 is 2.30 bits per heavy atom. The first-order chi connectivity index (χ1) is 12.8. The largest absolute Gasteiger partial charge is 0.374 e. The molecule has 4 rings (SSSR count). The van der Waals surface area contributed by atoms with Crippen LogP contribution in [0.3, 0.4) is 0 Å². The van der Waals surface area contributed by atoms with Crippen LogP contribution in [0.5, 0.6) is 0 Å². The molecule has 2 aliphatic rings. The van der Waals surface area contributed by atoms with Gasteiger partial charge in [-0.1, -0.05) is 17.7 Å². The summed E-state index contributed by atoms with van der Waals surface area (Å²) < 4.78 is 33.2. The maximum absolute atomic E-state index is 12.6. The molecule has 0 aliphatic carbocycles. The third-order valence-electron chi connectivity index (χ3n) is 4.83. The number of carbonyl (C=O) groups excluding carboxylic acids is 1. The van der Waals surface area contributed by atoms with Crippen LogP contribution in [0.15, 0.2) is 28.5 Å². The maximum Gasteiger partial charge on any atom is 0.263 e. The first-order valence-corrected chi connectivity index (χ1v) is 11.2. The molecule has 0 spiro atoms. The summed E-state index contributed by atoms with van der Waals surface area (Å²) in [6, 6.07) is 4.87. The minimum Gasteiger partial charge on any atom is -0.374 e. The molecular formula is C17H18ClN3O4S2. The van der Waals surface area contributed by atoms with Crippen LogP contribution in [0.2, 0.25) is 5.02 Å². The lowest BCUT2D eigenvalue weighted by molar-refractivity contribution is -0.134. The van der Waals surface area contributed by atoms with Crippen LogP contribution in [-0.4, -0.2) is 49.5 Å². The Bertz CT molecular complexity index is 992. The summed E-state index contributed by atoms with van der Waals surface area (Å²) >= 11 is 7.17. The van der Waals surface area contributed by atoms with E-state index in [0.29, 0.717) is 29.4 Å². The molecule has 1 aromatic carbocycles. The smallest absolute Gasteiger partial charge is 0.263 e. The van der Waals surface area contributed by atoms with Crippen molar-refractivity contribution >= 4 is 44.0 Å². The number of morpholine rings is 1. The molecule has 1 aromatic heterocycles. The van der Waals surface area contributed by atoms with Gasteiger partial charge in [0.25, 0.3) is 10.0 Å². The number of nitrogens with one attached hydrogen (secondary N) is 1. The lowest BCUT2D eigenvalue weighted by Gasteiger charge is -2.26. The number of amides is 1. The quantitative estimate of drug-likeness (QED) is 0.791. The van der Waals surface area contributed by atoms with Crippen molar-refractivity contribution in [3.05, 3.63) is 39.9 Å². The van der Waals surface area contributed by atoms with Crippen molar-refractivity contribution in [2.24, 2.45) is 0 Å². The third kappa shape index (κ3) is 3.69. The molecule has 2 atom stereocenters. The highest BCUT2D eigenvalue weighted by molar-refractivity contribution is 7.93. The van der Waals surface area contributed by atoms with Gasteiger partial charge in [-0.05, 0) is 31.0 Å².